The van der Waals surface area contributed by atoms with Crippen molar-refractivity contribution in [1.82, 2.24) is 9.29 Å². The van der Waals surface area contributed by atoms with E-state index in [1.165, 1.54) is 18.2 Å². The summed E-state index contributed by atoms with van der Waals surface area (Å²) in [6.07, 6.45) is 3.70. The maximum Gasteiger partial charge on any atom is 0.264 e. The van der Waals surface area contributed by atoms with Crippen LogP contribution in [-0.4, -0.2) is 18.9 Å². The van der Waals surface area contributed by atoms with E-state index >= 15 is 0 Å². The predicted octanol–water partition coefficient (Wildman–Crippen LogP) is 5.21. The quantitative estimate of drug-likeness (QED) is 0.280. The van der Waals surface area contributed by atoms with Crippen molar-refractivity contribution in [3.63, 3.8) is 0 Å². The van der Waals surface area contributed by atoms with Crippen LogP contribution in [0.3, 0.4) is 0 Å². The van der Waals surface area contributed by atoms with Crippen LogP contribution in [0.4, 0.5) is 22.0 Å². The molecule has 0 aliphatic carbocycles. The van der Waals surface area contributed by atoms with Gasteiger partial charge in [-0.05, 0) is 66.6 Å². The second-order valence-corrected chi connectivity index (χ2v) is 9.64. The second kappa shape index (κ2) is 9.57. The molecule has 36 heavy (non-hydrogen) atoms. The van der Waals surface area contributed by atoms with Crippen LogP contribution in [0.25, 0.3) is 17.0 Å². The molecule has 0 radical (unpaired) electrons. The lowest BCUT2D eigenvalue weighted by Crippen LogP contribution is -2.29. The van der Waals surface area contributed by atoms with E-state index in [0.29, 0.717) is 34.2 Å². The summed E-state index contributed by atoms with van der Waals surface area (Å²) in [6.45, 7) is 1.82. The van der Waals surface area contributed by atoms with Gasteiger partial charge in [0.05, 0.1) is 10.4 Å². The first-order chi connectivity index (χ1) is 16.9. The number of aryl methyl sites for hydroxylation is 1. The van der Waals surface area contributed by atoms with Gasteiger partial charge in [-0.3, -0.25) is 4.79 Å². The number of amides is 1. The molecule has 4 rings (SSSR count). The van der Waals surface area contributed by atoms with Crippen molar-refractivity contribution in [2.75, 3.05) is 0 Å². The molecule has 1 heterocycles. The molecule has 0 saturated heterocycles. The van der Waals surface area contributed by atoms with E-state index in [-0.39, 0.29) is 12.1 Å². The zero-order chi connectivity index (χ0) is 26.2. The Bertz CT molecular complexity index is 1650. The highest BCUT2D eigenvalue weighted by Crippen LogP contribution is 2.28. The minimum Gasteiger partial charge on any atom is -0.342 e. The number of benzene rings is 3. The topological polar surface area (TPSA) is 68.2 Å². The molecule has 3 aromatic carbocycles. The van der Waals surface area contributed by atoms with Gasteiger partial charge in [0.25, 0.3) is 15.9 Å². The molecule has 0 saturated carbocycles. The summed E-state index contributed by atoms with van der Waals surface area (Å²) in [7, 11) is -4.51. The molecule has 1 N–H and O–H groups in total. The lowest BCUT2D eigenvalue weighted by molar-refractivity contribution is -0.114. The normalized spacial score (nSPS) is 11.9. The Morgan fingerprint density at radius 3 is 2.25 bits per heavy atom. The smallest absolute Gasteiger partial charge is 0.264 e. The molecule has 0 bridgehead atoms. The van der Waals surface area contributed by atoms with Crippen LogP contribution in [0.15, 0.2) is 65.7 Å². The molecule has 0 fully saturated rings. The standard InChI is InChI=1S/C25H17F5N2O3S/c1-14-12-32(13-15-2-5-20(27)22(29)8-15)25-16(9-17(26)10-19(14)25)3-7-24(33)31-36(34,35)18-4-6-21(28)23(30)11-18/h2-12H,13H2,1H3,(H,31,33)/b7-3+. The van der Waals surface area contributed by atoms with Crippen molar-refractivity contribution in [2.45, 2.75) is 18.4 Å². The van der Waals surface area contributed by atoms with Crippen molar-refractivity contribution in [3.8, 4) is 0 Å². The Morgan fingerprint density at radius 2 is 1.58 bits per heavy atom. The summed E-state index contributed by atoms with van der Waals surface area (Å²) >= 11 is 0. The van der Waals surface area contributed by atoms with Crippen molar-refractivity contribution >= 4 is 32.9 Å². The summed E-state index contributed by atoms with van der Waals surface area (Å²) in [4.78, 5) is 11.6. The molecule has 0 aliphatic heterocycles. The van der Waals surface area contributed by atoms with Crippen LogP contribution >= 0.6 is 0 Å². The van der Waals surface area contributed by atoms with E-state index in [0.717, 1.165) is 30.3 Å². The molecule has 0 spiro atoms. The Hall–Kier alpha value is -3.99. The molecular formula is C25H17F5N2O3S. The molecule has 1 amide bonds. The van der Waals surface area contributed by atoms with Crippen molar-refractivity contribution in [3.05, 3.63) is 107 Å². The largest absolute Gasteiger partial charge is 0.342 e. The Kier molecular flexibility index (Phi) is 6.68. The number of hydrogen-bond donors (Lipinski definition) is 1. The van der Waals surface area contributed by atoms with E-state index in [9.17, 15) is 35.2 Å². The molecule has 186 valence electrons. The van der Waals surface area contributed by atoms with Crippen LogP contribution in [0, 0.1) is 36.0 Å². The van der Waals surface area contributed by atoms with Gasteiger partial charge in [0, 0.05) is 29.8 Å². The van der Waals surface area contributed by atoms with Gasteiger partial charge in [0.1, 0.15) is 5.82 Å². The van der Waals surface area contributed by atoms with Gasteiger partial charge in [-0.25, -0.2) is 35.1 Å². The summed E-state index contributed by atoms with van der Waals surface area (Å²) in [6, 6.07) is 7.65. The number of sulfonamides is 1. The monoisotopic (exact) mass is 520 g/mol. The molecule has 0 atom stereocenters. The summed E-state index contributed by atoms with van der Waals surface area (Å²) in [5, 5.41) is 0.493. The highest BCUT2D eigenvalue weighted by Gasteiger charge is 2.19. The average molecular weight is 520 g/mol. The Morgan fingerprint density at radius 1 is 0.917 bits per heavy atom. The van der Waals surface area contributed by atoms with E-state index in [1.54, 1.807) is 22.4 Å². The van der Waals surface area contributed by atoms with Crippen molar-refractivity contribution in [1.29, 1.82) is 0 Å². The number of hydrogen-bond acceptors (Lipinski definition) is 3. The summed E-state index contributed by atoms with van der Waals surface area (Å²) in [5.74, 6) is -6.41. The summed E-state index contributed by atoms with van der Waals surface area (Å²) < 4.78 is 95.7. The average Bonchev–Trinajstić information content (AvgIpc) is 3.11. The highest BCUT2D eigenvalue weighted by molar-refractivity contribution is 7.90. The minimum atomic E-state index is -4.51. The van der Waals surface area contributed by atoms with Gasteiger partial charge in [-0.2, -0.15) is 0 Å². The third-order valence-electron chi connectivity index (χ3n) is 5.35. The second-order valence-electron chi connectivity index (χ2n) is 7.96. The lowest BCUT2D eigenvalue weighted by atomic mass is 10.1. The number of rotatable bonds is 6. The number of halogens is 5. The van der Waals surface area contributed by atoms with Gasteiger partial charge in [0.15, 0.2) is 23.3 Å². The van der Waals surface area contributed by atoms with E-state index in [2.05, 4.69) is 0 Å². The zero-order valence-electron chi connectivity index (χ0n) is 18.5. The molecule has 0 aliphatic rings. The highest BCUT2D eigenvalue weighted by atomic mass is 32.2. The Labute approximate surface area is 202 Å². The van der Waals surface area contributed by atoms with E-state index in [1.807, 2.05) is 0 Å². The maximum atomic E-state index is 14.3. The van der Waals surface area contributed by atoms with E-state index in [4.69, 9.17) is 0 Å². The fourth-order valence-corrected chi connectivity index (χ4v) is 4.69. The molecular weight excluding hydrogens is 503 g/mol. The SMILES string of the molecule is Cc1cn(Cc2ccc(F)c(F)c2)c2c(/C=C/C(=O)NS(=O)(=O)c3ccc(F)c(F)c3)cc(F)cc12. The molecule has 5 nitrogen and oxygen atoms in total. The number of fused-ring (bicyclic) bond motifs is 1. The van der Waals surface area contributed by atoms with Crippen LogP contribution in [0.2, 0.25) is 0 Å². The van der Waals surface area contributed by atoms with Crippen LogP contribution in [0.1, 0.15) is 16.7 Å². The van der Waals surface area contributed by atoms with Gasteiger partial charge in [0.2, 0.25) is 0 Å². The van der Waals surface area contributed by atoms with Crippen LogP contribution in [0.5, 0.6) is 0 Å². The molecule has 4 aromatic rings. The number of aromatic nitrogens is 1. The van der Waals surface area contributed by atoms with Crippen molar-refractivity contribution < 1.29 is 35.2 Å². The number of nitrogens with zero attached hydrogens (tertiary/aromatic N) is 1. The minimum absolute atomic E-state index is 0.102. The van der Waals surface area contributed by atoms with Crippen LogP contribution in [-0.2, 0) is 21.4 Å². The Balaban J connectivity index is 1.66. The molecule has 11 heteroatoms. The zero-order valence-corrected chi connectivity index (χ0v) is 19.3. The number of nitrogens with one attached hydrogen (secondary N) is 1. The molecule has 0 unspecified atom stereocenters. The third-order valence-corrected chi connectivity index (χ3v) is 6.70. The fourth-order valence-electron chi connectivity index (χ4n) is 3.73. The van der Waals surface area contributed by atoms with Crippen LogP contribution < -0.4 is 4.72 Å². The first-order valence-corrected chi connectivity index (χ1v) is 11.9. The van der Waals surface area contributed by atoms with E-state index < -0.39 is 49.9 Å². The fraction of sp³-hybridized carbons (Fsp3) is 0.0800. The summed E-state index contributed by atoms with van der Waals surface area (Å²) in [5.41, 5.74) is 1.78. The first-order valence-electron chi connectivity index (χ1n) is 10.4. The number of carbonyl (C=O) groups excluding carboxylic acids is 1. The maximum absolute atomic E-state index is 14.3. The first kappa shape index (κ1) is 25.1. The van der Waals surface area contributed by atoms with Crippen molar-refractivity contribution in [2.24, 2.45) is 0 Å². The number of carbonyl (C=O) groups is 1. The third kappa shape index (κ3) is 5.15. The molecule has 1 aromatic heterocycles. The van der Waals surface area contributed by atoms with Gasteiger partial charge in [-0.1, -0.05) is 6.07 Å². The van der Waals surface area contributed by atoms with Gasteiger partial charge >= 0.3 is 0 Å². The van der Waals surface area contributed by atoms with Gasteiger partial charge < -0.3 is 4.57 Å². The lowest BCUT2D eigenvalue weighted by Gasteiger charge is -2.09. The predicted molar refractivity (Wildman–Crippen MR) is 123 cm³/mol. The van der Waals surface area contributed by atoms with Gasteiger partial charge in [-0.15, -0.1) is 0 Å².